The zero-order valence-electron chi connectivity index (χ0n) is 10.2. The predicted molar refractivity (Wildman–Crippen MR) is 75.4 cm³/mol. The van der Waals surface area contributed by atoms with E-state index in [1.165, 1.54) is 0 Å². The van der Waals surface area contributed by atoms with Crippen LogP contribution in [-0.2, 0) is 6.54 Å². The van der Waals surface area contributed by atoms with E-state index in [4.69, 9.17) is 0 Å². The first-order chi connectivity index (χ1) is 8.74. The molecule has 0 radical (unpaired) electrons. The lowest BCUT2D eigenvalue weighted by Gasteiger charge is -2.11. The molecule has 0 saturated carbocycles. The van der Waals surface area contributed by atoms with Gasteiger partial charge in [-0.3, -0.25) is 0 Å². The molecule has 4 nitrogen and oxygen atoms in total. The fraction of sp³-hybridized carbons (Fsp3) is 0.462. The minimum atomic E-state index is -0.0928. The summed E-state index contributed by atoms with van der Waals surface area (Å²) in [6.45, 7) is 3.38. The lowest BCUT2D eigenvalue weighted by molar-refractivity contribution is 0.239. The first kappa shape index (κ1) is 13.4. The van der Waals surface area contributed by atoms with Crippen molar-refractivity contribution in [1.82, 2.24) is 16.0 Å². The van der Waals surface area contributed by atoms with E-state index >= 15 is 0 Å². The van der Waals surface area contributed by atoms with E-state index in [1.54, 1.807) is 0 Å². The van der Waals surface area contributed by atoms with Crippen LogP contribution in [0.1, 0.15) is 12.0 Å². The standard InChI is InChI=1S/C13H18BrN3O/c14-12-3-1-10(2-4-12)8-16-13(18)17-9-11-5-6-15-7-11/h1-4,11,15H,5-9H2,(H2,16,17,18). The van der Waals surface area contributed by atoms with Gasteiger partial charge in [-0.05, 0) is 43.1 Å². The number of carbonyl (C=O) groups excluding carboxylic acids is 1. The summed E-state index contributed by atoms with van der Waals surface area (Å²) in [7, 11) is 0. The lowest BCUT2D eigenvalue weighted by atomic mass is 10.1. The molecule has 3 N–H and O–H groups in total. The van der Waals surface area contributed by atoms with Gasteiger partial charge in [0.15, 0.2) is 0 Å². The van der Waals surface area contributed by atoms with Gasteiger partial charge in [0.05, 0.1) is 0 Å². The van der Waals surface area contributed by atoms with Gasteiger partial charge in [0.25, 0.3) is 0 Å². The highest BCUT2D eigenvalue weighted by Crippen LogP contribution is 2.10. The smallest absolute Gasteiger partial charge is 0.315 e. The zero-order chi connectivity index (χ0) is 12.8. The van der Waals surface area contributed by atoms with Crippen molar-refractivity contribution in [2.45, 2.75) is 13.0 Å². The Morgan fingerprint density at radius 3 is 2.78 bits per heavy atom. The second-order valence-corrected chi connectivity index (χ2v) is 5.46. The fourth-order valence-electron chi connectivity index (χ4n) is 1.97. The van der Waals surface area contributed by atoms with Crippen LogP contribution in [0.4, 0.5) is 4.79 Å². The third-order valence-electron chi connectivity index (χ3n) is 3.08. The molecule has 2 rings (SSSR count). The summed E-state index contributed by atoms with van der Waals surface area (Å²) in [4.78, 5) is 11.6. The number of benzene rings is 1. The van der Waals surface area contributed by atoms with E-state index in [-0.39, 0.29) is 6.03 Å². The van der Waals surface area contributed by atoms with Crippen molar-refractivity contribution in [3.05, 3.63) is 34.3 Å². The van der Waals surface area contributed by atoms with Gasteiger partial charge < -0.3 is 16.0 Å². The van der Waals surface area contributed by atoms with E-state index in [9.17, 15) is 4.79 Å². The zero-order valence-corrected chi connectivity index (χ0v) is 11.8. The van der Waals surface area contributed by atoms with Crippen LogP contribution >= 0.6 is 15.9 Å². The van der Waals surface area contributed by atoms with Gasteiger partial charge in [-0.25, -0.2) is 4.79 Å². The molecule has 2 amide bonds. The van der Waals surface area contributed by atoms with Gasteiger partial charge in [-0.1, -0.05) is 28.1 Å². The topological polar surface area (TPSA) is 53.2 Å². The average Bonchev–Trinajstić information content (AvgIpc) is 2.89. The quantitative estimate of drug-likeness (QED) is 0.795. The normalized spacial score (nSPS) is 18.6. The van der Waals surface area contributed by atoms with Crippen LogP contribution in [0.3, 0.4) is 0 Å². The molecule has 18 heavy (non-hydrogen) atoms. The molecule has 1 aliphatic heterocycles. The van der Waals surface area contributed by atoms with Gasteiger partial charge in [-0.2, -0.15) is 0 Å². The van der Waals surface area contributed by atoms with Crippen molar-refractivity contribution in [3.8, 4) is 0 Å². The predicted octanol–water partition coefficient (Wildman–Crippen LogP) is 1.86. The third kappa shape index (κ3) is 4.31. The molecule has 0 bridgehead atoms. The van der Waals surface area contributed by atoms with Crippen LogP contribution in [-0.4, -0.2) is 25.7 Å². The molecule has 1 saturated heterocycles. The number of hydrogen-bond acceptors (Lipinski definition) is 2. The number of urea groups is 1. The van der Waals surface area contributed by atoms with Crippen LogP contribution in [0.5, 0.6) is 0 Å². The van der Waals surface area contributed by atoms with Crippen LogP contribution in [0, 0.1) is 5.92 Å². The van der Waals surface area contributed by atoms with Crippen molar-refractivity contribution in [2.75, 3.05) is 19.6 Å². The Morgan fingerprint density at radius 2 is 2.11 bits per heavy atom. The molecule has 1 atom stereocenters. The number of carbonyl (C=O) groups is 1. The van der Waals surface area contributed by atoms with Crippen molar-refractivity contribution >= 4 is 22.0 Å². The molecule has 98 valence electrons. The third-order valence-corrected chi connectivity index (χ3v) is 3.61. The van der Waals surface area contributed by atoms with Gasteiger partial charge in [0.2, 0.25) is 0 Å². The Morgan fingerprint density at radius 1 is 1.33 bits per heavy atom. The molecule has 1 aliphatic rings. The Labute approximate surface area is 116 Å². The molecule has 5 heteroatoms. The van der Waals surface area contributed by atoms with Crippen LogP contribution in [0.15, 0.2) is 28.7 Å². The summed E-state index contributed by atoms with van der Waals surface area (Å²) in [5.41, 5.74) is 1.09. The lowest BCUT2D eigenvalue weighted by Crippen LogP contribution is -2.38. The van der Waals surface area contributed by atoms with E-state index in [2.05, 4.69) is 31.9 Å². The molecule has 0 spiro atoms. The summed E-state index contributed by atoms with van der Waals surface area (Å²) in [6.07, 6.45) is 1.15. The molecule has 1 aromatic rings. The maximum atomic E-state index is 11.6. The molecule has 1 fully saturated rings. The minimum Gasteiger partial charge on any atom is -0.338 e. The average molecular weight is 312 g/mol. The summed E-state index contributed by atoms with van der Waals surface area (Å²) in [5.74, 6) is 0.573. The molecule has 1 aromatic carbocycles. The summed E-state index contributed by atoms with van der Waals surface area (Å²) < 4.78 is 1.05. The number of amides is 2. The van der Waals surface area contributed by atoms with Gasteiger partial charge in [0, 0.05) is 17.6 Å². The Hall–Kier alpha value is -1.07. The van der Waals surface area contributed by atoms with E-state index in [0.717, 1.165) is 36.1 Å². The molecular formula is C13H18BrN3O. The maximum absolute atomic E-state index is 11.6. The van der Waals surface area contributed by atoms with Crippen molar-refractivity contribution in [1.29, 1.82) is 0 Å². The number of hydrogen-bond donors (Lipinski definition) is 3. The summed E-state index contributed by atoms with van der Waals surface area (Å²) in [6, 6.07) is 7.83. The number of halogens is 1. The highest BCUT2D eigenvalue weighted by atomic mass is 79.9. The maximum Gasteiger partial charge on any atom is 0.315 e. The van der Waals surface area contributed by atoms with Crippen molar-refractivity contribution in [3.63, 3.8) is 0 Å². The molecule has 1 heterocycles. The summed E-state index contributed by atoms with van der Waals surface area (Å²) >= 11 is 3.38. The summed E-state index contributed by atoms with van der Waals surface area (Å²) in [5, 5.41) is 9.05. The fourth-order valence-corrected chi connectivity index (χ4v) is 2.24. The number of nitrogens with one attached hydrogen (secondary N) is 3. The van der Waals surface area contributed by atoms with Gasteiger partial charge in [-0.15, -0.1) is 0 Å². The van der Waals surface area contributed by atoms with Gasteiger partial charge >= 0.3 is 6.03 Å². The first-order valence-corrected chi connectivity index (χ1v) is 7.00. The molecule has 1 unspecified atom stereocenters. The second kappa shape index (κ2) is 6.75. The van der Waals surface area contributed by atoms with Crippen molar-refractivity contribution < 1.29 is 4.79 Å². The molecule has 0 aromatic heterocycles. The van der Waals surface area contributed by atoms with Gasteiger partial charge in [0.1, 0.15) is 0 Å². The second-order valence-electron chi connectivity index (χ2n) is 4.55. The SMILES string of the molecule is O=C(NCc1ccc(Br)cc1)NCC1CCNC1. The molecular weight excluding hydrogens is 294 g/mol. The molecule has 0 aliphatic carbocycles. The number of rotatable bonds is 4. The van der Waals surface area contributed by atoms with E-state index in [1.807, 2.05) is 24.3 Å². The monoisotopic (exact) mass is 311 g/mol. The Balaban J connectivity index is 1.66. The van der Waals surface area contributed by atoms with Crippen LogP contribution in [0.2, 0.25) is 0 Å². The first-order valence-electron chi connectivity index (χ1n) is 6.21. The Kier molecular flexibility index (Phi) is 5.01. The Bertz CT molecular complexity index is 388. The largest absolute Gasteiger partial charge is 0.338 e. The van der Waals surface area contributed by atoms with Crippen LogP contribution < -0.4 is 16.0 Å². The minimum absolute atomic E-state index is 0.0928. The highest BCUT2D eigenvalue weighted by molar-refractivity contribution is 9.10. The highest BCUT2D eigenvalue weighted by Gasteiger charge is 2.14. The van der Waals surface area contributed by atoms with E-state index < -0.39 is 0 Å². The van der Waals surface area contributed by atoms with Crippen molar-refractivity contribution in [2.24, 2.45) is 5.92 Å². The van der Waals surface area contributed by atoms with Crippen LogP contribution in [0.25, 0.3) is 0 Å². The van der Waals surface area contributed by atoms with E-state index in [0.29, 0.717) is 12.5 Å².